The van der Waals surface area contributed by atoms with Crippen molar-refractivity contribution in [1.82, 2.24) is 4.90 Å². The Balaban J connectivity index is 1.80. The summed E-state index contributed by atoms with van der Waals surface area (Å²) in [7, 11) is -2.15. The van der Waals surface area contributed by atoms with Gasteiger partial charge in [-0.05, 0) is 54.4 Å². The molecule has 0 radical (unpaired) electrons. The van der Waals surface area contributed by atoms with Crippen molar-refractivity contribution in [2.45, 2.75) is 18.4 Å². The topological polar surface area (TPSA) is 66.5 Å². The zero-order chi connectivity index (χ0) is 21.0. The lowest BCUT2D eigenvalue weighted by atomic mass is 10.1. The molecule has 0 saturated carbocycles. The summed E-state index contributed by atoms with van der Waals surface area (Å²) in [5.74, 6) is -0.270. The molecule has 3 rings (SSSR count). The minimum absolute atomic E-state index is 0.0338. The highest BCUT2D eigenvalue weighted by atomic mass is 35.5. The number of carbonyl (C=O) groups is 1. The van der Waals surface area contributed by atoms with Crippen LogP contribution in [0.15, 0.2) is 77.7 Å². The van der Waals surface area contributed by atoms with E-state index >= 15 is 0 Å². The van der Waals surface area contributed by atoms with Crippen LogP contribution in [0.25, 0.3) is 0 Å². The number of nitrogens with one attached hydrogen (secondary N) is 1. The molecule has 1 N–H and O–H groups in total. The fourth-order valence-corrected chi connectivity index (χ4v) is 4.15. The van der Waals surface area contributed by atoms with Gasteiger partial charge in [0, 0.05) is 24.2 Å². The first-order valence-electron chi connectivity index (χ1n) is 8.95. The summed E-state index contributed by atoms with van der Waals surface area (Å²) in [5.41, 5.74) is 2.54. The molecule has 1 amide bonds. The molecule has 0 fully saturated rings. The number of sulfonamides is 1. The van der Waals surface area contributed by atoms with E-state index < -0.39 is 10.0 Å². The van der Waals surface area contributed by atoms with Gasteiger partial charge in [-0.25, -0.2) is 8.42 Å². The van der Waals surface area contributed by atoms with Crippen LogP contribution in [0.3, 0.4) is 0 Å². The monoisotopic (exact) mass is 428 g/mol. The van der Waals surface area contributed by atoms with Gasteiger partial charge in [0.25, 0.3) is 15.9 Å². The molecular formula is C22H21ClN2O3S. The highest BCUT2D eigenvalue weighted by Gasteiger charge is 2.19. The van der Waals surface area contributed by atoms with E-state index in [1.165, 1.54) is 17.0 Å². The first kappa shape index (κ1) is 20.9. The number of hydrogen-bond donors (Lipinski definition) is 1. The standard InChI is InChI=1S/C22H21ClN2O3S/c1-16-6-3-4-9-21(16)24-29(27,28)20-8-5-7-18(14-20)22(26)25(2)15-17-10-12-19(23)13-11-17/h3-14,24H,15H2,1-2H3. The first-order valence-corrected chi connectivity index (χ1v) is 10.8. The van der Waals surface area contributed by atoms with E-state index in [0.717, 1.165) is 11.1 Å². The SMILES string of the molecule is Cc1ccccc1NS(=O)(=O)c1cccc(C(=O)N(C)Cc2ccc(Cl)cc2)c1. The molecule has 5 nitrogen and oxygen atoms in total. The van der Waals surface area contributed by atoms with E-state index in [9.17, 15) is 13.2 Å². The van der Waals surface area contributed by atoms with Crippen molar-refractivity contribution >= 4 is 33.2 Å². The molecule has 0 heterocycles. The van der Waals surface area contributed by atoms with Crippen molar-refractivity contribution in [1.29, 1.82) is 0 Å². The first-order chi connectivity index (χ1) is 13.8. The van der Waals surface area contributed by atoms with E-state index in [-0.39, 0.29) is 10.8 Å². The van der Waals surface area contributed by atoms with Crippen LogP contribution in [0, 0.1) is 6.92 Å². The molecule has 0 saturated heterocycles. The van der Waals surface area contributed by atoms with Gasteiger partial charge < -0.3 is 4.90 Å². The molecule has 0 aliphatic carbocycles. The number of anilines is 1. The number of halogens is 1. The predicted octanol–water partition coefficient (Wildman–Crippen LogP) is 4.72. The second-order valence-electron chi connectivity index (χ2n) is 6.74. The summed E-state index contributed by atoms with van der Waals surface area (Å²) in [5, 5.41) is 0.627. The average molecular weight is 429 g/mol. The minimum atomic E-state index is -3.82. The van der Waals surface area contributed by atoms with Crippen LogP contribution in [0.5, 0.6) is 0 Å². The molecular weight excluding hydrogens is 408 g/mol. The molecule has 29 heavy (non-hydrogen) atoms. The zero-order valence-corrected chi connectivity index (χ0v) is 17.7. The van der Waals surface area contributed by atoms with E-state index in [4.69, 9.17) is 11.6 Å². The van der Waals surface area contributed by atoms with Gasteiger partial charge in [0.15, 0.2) is 0 Å². The summed E-state index contributed by atoms with van der Waals surface area (Å²) >= 11 is 5.89. The van der Waals surface area contributed by atoms with Crippen LogP contribution in [0.2, 0.25) is 5.02 Å². The Labute approximate surface area is 176 Å². The van der Waals surface area contributed by atoms with Crippen molar-refractivity contribution < 1.29 is 13.2 Å². The quantitative estimate of drug-likeness (QED) is 0.617. The number of para-hydroxylation sites is 1. The summed E-state index contributed by atoms with van der Waals surface area (Å²) in [4.78, 5) is 14.4. The number of aryl methyl sites for hydroxylation is 1. The van der Waals surface area contributed by atoms with Gasteiger partial charge in [0.05, 0.1) is 10.6 Å². The number of carbonyl (C=O) groups excluding carboxylic acids is 1. The van der Waals surface area contributed by atoms with Gasteiger partial charge in [-0.15, -0.1) is 0 Å². The van der Waals surface area contributed by atoms with E-state index in [1.54, 1.807) is 43.4 Å². The van der Waals surface area contributed by atoms with Crippen LogP contribution >= 0.6 is 11.6 Å². The molecule has 0 bridgehead atoms. The van der Waals surface area contributed by atoms with Gasteiger partial charge in [-0.1, -0.05) is 48.0 Å². The summed E-state index contributed by atoms with van der Waals surface area (Å²) in [6, 6.07) is 20.4. The number of benzene rings is 3. The predicted molar refractivity (Wildman–Crippen MR) is 116 cm³/mol. The lowest BCUT2D eigenvalue weighted by Gasteiger charge is -2.18. The van der Waals surface area contributed by atoms with Crippen molar-refractivity contribution in [3.05, 3.63) is 94.5 Å². The minimum Gasteiger partial charge on any atom is -0.337 e. The smallest absolute Gasteiger partial charge is 0.261 e. The normalized spacial score (nSPS) is 11.1. The molecule has 150 valence electrons. The molecule has 0 spiro atoms. The Kier molecular flexibility index (Phi) is 6.25. The third-order valence-electron chi connectivity index (χ3n) is 4.46. The Morgan fingerprint density at radius 2 is 1.69 bits per heavy atom. The van der Waals surface area contributed by atoms with Crippen molar-refractivity contribution in [3.8, 4) is 0 Å². The molecule has 3 aromatic rings. The number of rotatable bonds is 6. The zero-order valence-electron chi connectivity index (χ0n) is 16.1. The summed E-state index contributed by atoms with van der Waals surface area (Å²) in [6.07, 6.45) is 0. The molecule has 0 aliphatic heterocycles. The van der Waals surface area contributed by atoms with E-state index in [1.807, 2.05) is 31.2 Å². The summed E-state index contributed by atoms with van der Waals surface area (Å²) < 4.78 is 28.1. The highest BCUT2D eigenvalue weighted by molar-refractivity contribution is 7.92. The second kappa shape index (κ2) is 8.68. The maximum Gasteiger partial charge on any atom is 0.261 e. The fraction of sp³-hybridized carbons (Fsp3) is 0.136. The molecule has 3 aromatic carbocycles. The average Bonchev–Trinajstić information content (AvgIpc) is 2.71. The molecule has 0 aromatic heterocycles. The number of amides is 1. The van der Waals surface area contributed by atoms with Crippen LogP contribution < -0.4 is 4.72 Å². The van der Waals surface area contributed by atoms with E-state index in [0.29, 0.717) is 22.8 Å². The molecule has 7 heteroatoms. The van der Waals surface area contributed by atoms with Crippen molar-refractivity contribution in [2.24, 2.45) is 0 Å². The van der Waals surface area contributed by atoms with E-state index in [2.05, 4.69) is 4.72 Å². The van der Waals surface area contributed by atoms with Crippen molar-refractivity contribution in [2.75, 3.05) is 11.8 Å². The van der Waals surface area contributed by atoms with Gasteiger partial charge in [-0.3, -0.25) is 9.52 Å². The maximum absolute atomic E-state index is 12.8. The van der Waals surface area contributed by atoms with Gasteiger partial charge in [-0.2, -0.15) is 0 Å². The highest BCUT2D eigenvalue weighted by Crippen LogP contribution is 2.21. The second-order valence-corrected chi connectivity index (χ2v) is 8.85. The molecule has 0 unspecified atom stereocenters. The Bertz CT molecular complexity index is 1130. The lowest BCUT2D eigenvalue weighted by Crippen LogP contribution is -2.26. The lowest BCUT2D eigenvalue weighted by molar-refractivity contribution is 0.0785. The number of nitrogens with zero attached hydrogens (tertiary/aromatic N) is 1. The number of hydrogen-bond acceptors (Lipinski definition) is 3. The Morgan fingerprint density at radius 1 is 1.00 bits per heavy atom. The Morgan fingerprint density at radius 3 is 2.38 bits per heavy atom. The van der Waals surface area contributed by atoms with Crippen molar-refractivity contribution in [3.63, 3.8) is 0 Å². The van der Waals surface area contributed by atoms with Crippen LogP contribution in [0.4, 0.5) is 5.69 Å². The van der Waals surface area contributed by atoms with Gasteiger partial charge in [0.2, 0.25) is 0 Å². The maximum atomic E-state index is 12.8. The molecule has 0 aliphatic rings. The van der Waals surface area contributed by atoms with Gasteiger partial charge >= 0.3 is 0 Å². The fourth-order valence-electron chi connectivity index (χ4n) is 2.84. The van der Waals surface area contributed by atoms with Crippen LogP contribution in [0.1, 0.15) is 21.5 Å². The molecule has 0 atom stereocenters. The third-order valence-corrected chi connectivity index (χ3v) is 6.08. The van der Waals surface area contributed by atoms with Gasteiger partial charge in [0.1, 0.15) is 0 Å². The largest absolute Gasteiger partial charge is 0.337 e. The Hall–Kier alpha value is -2.83. The third kappa shape index (κ3) is 5.16. The van der Waals surface area contributed by atoms with Crippen LogP contribution in [-0.4, -0.2) is 26.3 Å². The van der Waals surface area contributed by atoms with Crippen LogP contribution in [-0.2, 0) is 16.6 Å². The summed E-state index contributed by atoms with van der Waals surface area (Å²) in [6.45, 7) is 2.21.